The number of amides is 4. The van der Waals surface area contributed by atoms with Gasteiger partial charge in [0.15, 0.2) is 5.54 Å². The van der Waals surface area contributed by atoms with Crippen molar-refractivity contribution < 1.29 is 14.4 Å². The monoisotopic (exact) mass is 405 g/mol. The maximum atomic E-state index is 13.5. The van der Waals surface area contributed by atoms with Crippen molar-refractivity contribution in [2.75, 3.05) is 6.54 Å². The average Bonchev–Trinajstić information content (AvgIpc) is 3.01. The Balaban J connectivity index is 1.56. The first-order chi connectivity index (χ1) is 14.6. The van der Waals surface area contributed by atoms with Crippen molar-refractivity contribution in [1.82, 2.24) is 15.5 Å². The van der Waals surface area contributed by atoms with Gasteiger partial charge in [-0.25, -0.2) is 4.79 Å². The van der Waals surface area contributed by atoms with E-state index in [0.29, 0.717) is 12.0 Å². The first-order valence-electron chi connectivity index (χ1n) is 10.6. The minimum atomic E-state index is -1.22. The molecule has 1 saturated heterocycles. The van der Waals surface area contributed by atoms with Crippen molar-refractivity contribution in [3.8, 4) is 0 Å². The van der Waals surface area contributed by atoms with E-state index in [9.17, 15) is 14.4 Å². The van der Waals surface area contributed by atoms with Gasteiger partial charge >= 0.3 is 6.03 Å². The molecule has 4 amide bonds. The summed E-state index contributed by atoms with van der Waals surface area (Å²) in [6.45, 7) is -0.259. The first-order valence-corrected chi connectivity index (χ1v) is 10.6. The van der Waals surface area contributed by atoms with Crippen LogP contribution >= 0.6 is 0 Å². The van der Waals surface area contributed by atoms with Crippen molar-refractivity contribution in [2.45, 2.75) is 50.1 Å². The van der Waals surface area contributed by atoms with Crippen LogP contribution in [-0.2, 0) is 21.5 Å². The van der Waals surface area contributed by atoms with Crippen LogP contribution in [0.4, 0.5) is 4.79 Å². The Morgan fingerprint density at radius 2 is 1.60 bits per heavy atom. The van der Waals surface area contributed by atoms with Gasteiger partial charge in [-0.05, 0) is 24.0 Å². The number of hydrogen-bond acceptors (Lipinski definition) is 3. The fraction of sp³-hybridized carbons (Fsp3) is 0.375. The van der Waals surface area contributed by atoms with E-state index in [-0.39, 0.29) is 24.4 Å². The first kappa shape index (κ1) is 20.1. The molecule has 1 aliphatic carbocycles. The zero-order valence-electron chi connectivity index (χ0n) is 17.0. The number of nitrogens with one attached hydrogen (secondary N) is 2. The molecule has 0 radical (unpaired) electrons. The molecule has 2 aliphatic rings. The summed E-state index contributed by atoms with van der Waals surface area (Å²) in [7, 11) is 0. The van der Waals surface area contributed by atoms with Gasteiger partial charge in [-0.1, -0.05) is 79.9 Å². The third kappa shape index (κ3) is 4.08. The number of hydrogen-bond donors (Lipinski definition) is 2. The van der Waals surface area contributed by atoms with Crippen molar-refractivity contribution in [3.63, 3.8) is 0 Å². The summed E-state index contributed by atoms with van der Waals surface area (Å²) >= 11 is 0. The van der Waals surface area contributed by atoms with E-state index >= 15 is 0 Å². The van der Waals surface area contributed by atoms with E-state index in [1.54, 1.807) is 0 Å². The highest BCUT2D eigenvalue weighted by atomic mass is 16.2. The molecule has 1 atom stereocenters. The molecule has 30 heavy (non-hydrogen) atoms. The fourth-order valence-electron chi connectivity index (χ4n) is 4.48. The Kier molecular flexibility index (Phi) is 5.84. The molecule has 1 aliphatic heterocycles. The van der Waals surface area contributed by atoms with Gasteiger partial charge in [-0.3, -0.25) is 14.5 Å². The number of rotatable bonds is 6. The largest absolute Gasteiger partial charge is 0.352 e. The minimum absolute atomic E-state index is 0.134. The molecule has 0 unspecified atom stereocenters. The molecule has 2 aromatic carbocycles. The minimum Gasteiger partial charge on any atom is -0.352 e. The van der Waals surface area contributed by atoms with Crippen molar-refractivity contribution >= 4 is 17.8 Å². The molecule has 0 bridgehead atoms. The number of nitrogens with zero attached hydrogens (tertiary/aromatic N) is 1. The average molecular weight is 405 g/mol. The summed E-state index contributed by atoms with van der Waals surface area (Å²) in [5, 5.41) is 5.89. The van der Waals surface area contributed by atoms with Crippen molar-refractivity contribution in [2.24, 2.45) is 0 Å². The molecule has 156 valence electrons. The second kappa shape index (κ2) is 8.69. The van der Waals surface area contributed by atoms with E-state index in [2.05, 4.69) is 10.6 Å². The molecule has 6 heteroatoms. The van der Waals surface area contributed by atoms with Crippen LogP contribution in [0, 0.1) is 0 Å². The summed E-state index contributed by atoms with van der Waals surface area (Å²) in [5.41, 5.74) is 0.427. The highest BCUT2D eigenvalue weighted by Gasteiger charge is 2.52. The van der Waals surface area contributed by atoms with Crippen LogP contribution in [0.15, 0.2) is 60.7 Å². The van der Waals surface area contributed by atoms with Gasteiger partial charge in [-0.2, -0.15) is 0 Å². The Morgan fingerprint density at radius 1 is 0.967 bits per heavy atom. The van der Waals surface area contributed by atoms with Gasteiger partial charge < -0.3 is 10.6 Å². The van der Waals surface area contributed by atoms with E-state index in [0.717, 1.165) is 36.1 Å². The lowest BCUT2D eigenvalue weighted by Crippen LogP contribution is -2.47. The molecule has 4 rings (SSSR count). The summed E-state index contributed by atoms with van der Waals surface area (Å²) in [6.07, 6.45) is 5.62. The maximum Gasteiger partial charge on any atom is 0.325 e. The van der Waals surface area contributed by atoms with Gasteiger partial charge in [0, 0.05) is 12.5 Å². The zero-order chi connectivity index (χ0) is 21.0. The molecule has 2 fully saturated rings. The zero-order valence-corrected chi connectivity index (χ0v) is 17.0. The number of imide groups is 1. The Hall–Kier alpha value is -3.15. The fourth-order valence-corrected chi connectivity index (χ4v) is 4.48. The highest BCUT2D eigenvalue weighted by Crippen LogP contribution is 2.33. The second-order valence-electron chi connectivity index (χ2n) is 8.16. The third-order valence-electron chi connectivity index (χ3n) is 6.03. The van der Waals surface area contributed by atoms with Gasteiger partial charge in [-0.15, -0.1) is 0 Å². The number of benzene rings is 2. The summed E-state index contributed by atoms with van der Waals surface area (Å²) < 4.78 is 0. The number of carbonyl (C=O) groups excluding carboxylic acids is 3. The second-order valence-corrected chi connectivity index (χ2v) is 8.16. The third-order valence-corrected chi connectivity index (χ3v) is 6.03. The van der Waals surface area contributed by atoms with Gasteiger partial charge in [0.05, 0.1) is 0 Å². The maximum absolute atomic E-state index is 13.5. The topological polar surface area (TPSA) is 78.5 Å². The molecule has 6 nitrogen and oxygen atoms in total. The SMILES string of the molecule is O=C(CN1C(=O)N[C@@](Cc2ccccc2)(c2ccccc2)C1=O)NC1CCCCC1. The summed E-state index contributed by atoms with van der Waals surface area (Å²) in [5.74, 6) is -0.671. The molecule has 2 aromatic rings. The molecule has 1 saturated carbocycles. The Labute approximate surface area is 176 Å². The van der Waals surface area contributed by atoms with Crippen LogP contribution in [0.2, 0.25) is 0 Å². The molecule has 0 aromatic heterocycles. The van der Waals surface area contributed by atoms with Gasteiger partial charge in [0.25, 0.3) is 5.91 Å². The standard InChI is InChI=1S/C24H27N3O3/c28-21(25-20-14-8-3-9-15-20)17-27-22(29)24(26-23(27)30,19-12-6-2-7-13-19)16-18-10-4-1-5-11-18/h1-2,4-7,10-13,20H,3,8-9,14-17H2,(H,25,28)(H,26,30)/t24-/m0/s1. The summed E-state index contributed by atoms with van der Waals surface area (Å²) in [4.78, 5) is 40.0. The van der Waals surface area contributed by atoms with E-state index in [4.69, 9.17) is 0 Å². The van der Waals surface area contributed by atoms with Crippen LogP contribution in [0.25, 0.3) is 0 Å². The predicted octanol–water partition coefficient (Wildman–Crippen LogP) is 3.13. The predicted molar refractivity (Wildman–Crippen MR) is 114 cm³/mol. The highest BCUT2D eigenvalue weighted by molar-refractivity contribution is 6.09. The smallest absolute Gasteiger partial charge is 0.325 e. The number of urea groups is 1. The van der Waals surface area contributed by atoms with Crippen LogP contribution in [-0.4, -0.2) is 35.3 Å². The van der Waals surface area contributed by atoms with Crippen LogP contribution < -0.4 is 10.6 Å². The van der Waals surface area contributed by atoms with E-state index in [1.807, 2.05) is 60.7 Å². The molecule has 1 heterocycles. The molecule has 2 N–H and O–H groups in total. The lowest BCUT2D eigenvalue weighted by molar-refractivity contribution is -0.135. The lowest BCUT2D eigenvalue weighted by Gasteiger charge is -2.28. The normalized spacial score (nSPS) is 22.1. The molecular weight excluding hydrogens is 378 g/mol. The molecule has 0 spiro atoms. The van der Waals surface area contributed by atoms with Gasteiger partial charge in [0.1, 0.15) is 6.54 Å². The Morgan fingerprint density at radius 3 is 2.27 bits per heavy atom. The van der Waals surface area contributed by atoms with Crippen molar-refractivity contribution in [3.05, 3.63) is 71.8 Å². The van der Waals surface area contributed by atoms with Crippen LogP contribution in [0.1, 0.15) is 43.2 Å². The quantitative estimate of drug-likeness (QED) is 0.725. The van der Waals surface area contributed by atoms with Gasteiger partial charge in [0.2, 0.25) is 5.91 Å². The molecular formula is C24H27N3O3. The van der Waals surface area contributed by atoms with Crippen LogP contribution in [0.5, 0.6) is 0 Å². The summed E-state index contributed by atoms with van der Waals surface area (Å²) in [6, 6.07) is 18.4. The van der Waals surface area contributed by atoms with Crippen LogP contribution in [0.3, 0.4) is 0 Å². The van der Waals surface area contributed by atoms with E-state index < -0.39 is 11.6 Å². The lowest BCUT2D eigenvalue weighted by atomic mass is 9.83. The van der Waals surface area contributed by atoms with E-state index in [1.165, 1.54) is 6.42 Å². The Bertz CT molecular complexity index is 910. The van der Waals surface area contributed by atoms with Crippen molar-refractivity contribution in [1.29, 1.82) is 0 Å². The number of carbonyl (C=O) groups is 3.